The number of hydrogen-bond donors (Lipinski definition) is 1. The Bertz CT molecular complexity index is 1070. The molecule has 154 valence electrons. The van der Waals surface area contributed by atoms with Crippen LogP contribution in [0.3, 0.4) is 0 Å². The van der Waals surface area contributed by atoms with Crippen molar-refractivity contribution in [3.63, 3.8) is 0 Å². The van der Waals surface area contributed by atoms with Crippen LogP contribution < -0.4 is 5.32 Å². The third-order valence-corrected chi connectivity index (χ3v) is 5.59. The van der Waals surface area contributed by atoms with Gasteiger partial charge in [0.1, 0.15) is 10.6 Å². The molecule has 0 aliphatic heterocycles. The molecule has 0 atom stereocenters. The highest BCUT2D eigenvalue weighted by Crippen LogP contribution is 2.36. The van der Waals surface area contributed by atoms with Crippen molar-refractivity contribution in [1.29, 1.82) is 0 Å². The summed E-state index contributed by atoms with van der Waals surface area (Å²) in [4.78, 5) is 25.1. The maximum atomic E-state index is 12.6. The maximum Gasteiger partial charge on any atom is 0.341 e. The van der Waals surface area contributed by atoms with Gasteiger partial charge in [-0.05, 0) is 48.2 Å². The predicted molar refractivity (Wildman–Crippen MR) is 124 cm³/mol. The SMILES string of the molecule is CCOC(=O)c1c(-c2ccc(CC)cc2)csc1NC(=O)/C=C/c1cccc(Cl)c1. The molecular formula is C24H22ClNO3S. The van der Waals surface area contributed by atoms with E-state index in [4.69, 9.17) is 16.3 Å². The fraction of sp³-hybridized carbons (Fsp3) is 0.167. The fourth-order valence-electron chi connectivity index (χ4n) is 2.92. The van der Waals surface area contributed by atoms with Crippen LogP contribution >= 0.6 is 22.9 Å². The van der Waals surface area contributed by atoms with E-state index in [-0.39, 0.29) is 12.5 Å². The number of carbonyl (C=O) groups is 2. The van der Waals surface area contributed by atoms with E-state index in [9.17, 15) is 9.59 Å². The number of esters is 1. The molecule has 0 spiro atoms. The van der Waals surface area contributed by atoms with E-state index in [2.05, 4.69) is 12.2 Å². The van der Waals surface area contributed by atoms with Gasteiger partial charge in [-0.2, -0.15) is 0 Å². The van der Waals surface area contributed by atoms with Crippen molar-refractivity contribution in [3.8, 4) is 11.1 Å². The fourth-order valence-corrected chi connectivity index (χ4v) is 4.08. The normalized spacial score (nSPS) is 10.9. The first-order valence-electron chi connectivity index (χ1n) is 9.64. The minimum Gasteiger partial charge on any atom is -0.462 e. The molecule has 6 heteroatoms. The lowest BCUT2D eigenvalue weighted by Crippen LogP contribution is -2.12. The number of benzene rings is 2. The van der Waals surface area contributed by atoms with Crippen molar-refractivity contribution in [1.82, 2.24) is 0 Å². The average Bonchev–Trinajstić information content (AvgIpc) is 3.16. The largest absolute Gasteiger partial charge is 0.462 e. The number of hydrogen-bond acceptors (Lipinski definition) is 4. The van der Waals surface area contributed by atoms with Gasteiger partial charge in [0.15, 0.2) is 0 Å². The molecule has 1 N–H and O–H groups in total. The molecule has 0 bridgehead atoms. The molecule has 1 aromatic heterocycles. The molecule has 1 amide bonds. The Balaban J connectivity index is 1.87. The number of carbonyl (C=O) groups excluding carboxylic acids is 2. The first kappa shape index (κ1) is 21.8. The molecule has 0 unspecified atom stereocenters. The topological polar surface area (TPSA) is 55.4 Å². The highest BCUT2D eigenvalue weighted by molar-refractivity contribution is 7.15. The summed E-state index contributed by atoms with van der Waals surface area (Å²) in [7, 11) is 0. The van der Waals surface area contributed by atoms with Crippen molar-refractivity contribution in [2.24, 2.45) is 0 Å². The smallest absolute Gasteiger partial charge is 0.341 e. The van der Waals surface area contributed by atoms with Crippen molar-refractivity contribution in [3.05, 3.63) is 81.7 Å². The Morgan fingerprint density at radius 2 is 1.90 bits per heavy atom. The Hall–Kier alpha value is -2.89. The van der Waals surface area contributed by atoms with Crippen LogP contribution in [0.4, 0.5) is 5.00 Å². The zero-order valence-electron chi connectivity index (χ0n) is 16.8. The highest BCUT2D eigenvalue weighted by atomic mass is 35.5. The van der Waals surface area contributed by atoms with Crippen LogP contribution in [0.25, 0.3) is 17.2 Å². The van der Waals surface area contributed by atoms with Crippen molar-refractivity contribution < 1.29 is 14.3 Å². The minimum absolute atomic E-state index is 0.255. The number of anilines is 1. The Kier molecular flexibility index (Phi) is 7.44. The lowest BCUT2D eigenvalue weighted by Gasteiger charge is -2.08. The third-order valence-electron chi connectivity index (χ3n) is 4.46. The van der Waals surface area contributed by atoms with Gasteiger partial charge in [0.05, 0.1) is 6.61 Å². The Morgan fingerprint density at radius 3 is 2.57 bits per heavy atom. The molecule has 30 heavy (non-hydrogen) atoms. The van der Waals surface area contributed by atoms with Crippen LogP contribution in [0.15, 0.2) is 60.0 Å². The summed E-state index contributed by atoms with van der Waals surface area (Å²) >= 11 is 7.27. The molecule has 0 saturated carbocycles. The predicted octanol–water partition coefficient (Wildman–Crippen LogP) is 6.46. The number of thiophene rings is 1. The van der Waals surface area contributed by atoms with Crippen LogP contribution in [0, 0.1) is 0 Å². The number of amides is 1. The second-order valence-electron chi connectivity index (χ2n) is 6.50. The first-order chi connectivity index (χ1) is 14.5. The van der Waals surface area contributed by atoms with Gasteiger partial charge < -0.3 is 10.1 Å². The molecule has 0 fully saturated rings. The summed E-state index contributed by atoms with van der Waals surface area (Å²) in [5, 5.41) is 5.73. The van der Waals surface area contributed by atoms with Crippen molar-refractivity contribution in [2.75, 3.05) is 11.9 Å². The van der Waals surface area contributed by atoms with E-state index in [0.29, 0.717) is 15.6 Å². The van der Waals surface area contributed by atoms with E-state index in [1.807, 2.05) is 41.8 Å². The zero-order valence-corrected chi connectivity index (χ0v) is 18.3. The minimum atomic E-state index is -0.456. The maximum absolute atomic E-state index is 12.6. The number of aryl methyl sites for hydroxylation is 1. The third kappa shape index (κ3) is 5.38. The van der Waals surface area contributed by atoms with E-state index in [1.54, 1.807) is 25.1 Å². The number of nitrogens with one attached hydrogen (secondary N) is 1. The summed E-state index contributed by atoms with van der Waals surface area (Å²) in [5.41, 5.74) is 4.05. The molecule has 1 heterocycles. The van der Waals surface area contributed by atoms with Gasteiger partial charge in [-0.3, -0.25) is 4.79 Å². The summed E-state index contributed by atoms with van der Waals surface area (Å²) in [6.45, 7) is 4.10. The molecule has 4 nitrogen and oxygen atoms in total. The van der Waals surface area contributed by atoms with Gasteiger partial charge in [0.2, 0.25) is 5.91 Å². The summed E-state index contributed by atoms with van der Waals surface area (Å²) < 4.78 is 5.24. The molecule has 3 aromatic rings. The molecule has 2 aromatic carbocycles. The zero-order chi connectivity index (χ0) is 21.5. The second kappa shape index (κ2) is 10.2. The molecule has 0 radical (unpaired) electrons. The summed E-state index contributed by atoms with van der Waals surface area (Å²) in [6.07, 6.45) is 4.02. The van der Waals surface area contributed by atoms with Crippen molar-refractivity contribution >= 4 is 45.9 Å². The van der Waals surface area contributed by atoms with E-state index < -0.39 is 5.97 Å². The first-order valence-corrected chi connectivity index (χ1v) is 10.9. The van der Waals surface area contributed by atoms with Crippen LogP contribution in [-0.4, -0.2) is 18.5 Å². The second-order valence-corrected chi connectivity index (χ2v) is 7.82. The van der Waals surface area contributed by atoms with Gasteiger partial charge >= 0.3 is 5.97 Å². The molecular weight excluding hydrogens is 418 g/mol. The van der Waals surface area contributed by atoms with Crippen LogP contribution in [0.2, 0.25) is 5.02 Å². The van der Waals surface area contributed by atoms with E-state index >= 15 is 0 Å². The van der Waals surface area contributed by atoms with Crippen LogP contribution in [0.1, 0.15) is 35.3 Å². The van der Waals surface area contributed by atoms with Gasteiger partial charge in [0, 0.05) is 22.0 Å². The van der Waals surface area contributed by atoms with Gasteiger partial charge in [0.25, 0.3) is 0 Å². The number of rotatable bonds is 7. The Morgan fingerprint density at radius 1 is 1.13 bits per heavy atom. The quantitative estimate of drug-likeness (QED) is 0.339. The number of halogens is 1. The molecule has 0 aliphatic carbocycles. The standard InChI is InChI=1S/C24H22ClNO3S/c1-3-16-8-11-18(12-9-16)20-15-30-23(22(20)24(28)29-4-2)26-21(27)13-10-17-6-5-7-19(25)14-17/h5-15H,3-4H2,1-2H3,(H,26,27)/b13-10+. The molecule has 3 rings (SSSR count). The lowest BCUT2D eigenvalue weighted by atomic mass is 10.0. The summed E-state index contributed by atoms with van der Waals surface area (Å²) in [5.74, 6) is -0.794. The van der Waals surface area contributed by atoms with Crippen LogP contribution in [0.5, 0.6) is 0 Å². The lowest BCUT2D eigenvalue weighted by molar-refractivity contribution is -0.111. The van der Waals surface area contributed by atoms with E-state index in [0.717, 1.165) is 23.1 Å². The molecule has 0 saturated heterocycles. The average molecular weight is 440 g/mol. The summed E-state index contributed by atoms with van der Waals surface area (Å²) in [6, 6.07) is 15.2. The van der Waals surface area contributed by atoms with Gasteiger partial charge in [-0.25, -0.2) is 4.79 Å². The van der Waals surface area contributed by atoms with Crippen LogP contribution in [-0.2, 0) is 16.0 Å². The molecule has 0 aliphatic rings. The number of ether oxygens (including phenoxy) is 1. The van der Waals surface area contributed by atoms with E-state index in [1.165, 1.54) is 23.0 Å². The highest BCUT2D eigenvalue weighted by Gasteiger charge is 2.22. The van der Waals surface area contributed by atoms with Gasteiger partial charge in [-0.15, -0.1) is 11.3 Å². The Labute approximate surface area is 185 Å². The monoisotopic (exact) mass is 439 g/mol. The van der Waals surface area contributed by atoms with Gasteiger partial charge in [-0.1, -0.05) is 54.9 Å². The van der Waals surface area contributed by atoms with Crippen molar-refractivity contribution in [2.45, 2.75) is 20.3 Å².